The minimum atomic E-state index is -0.417. The van der Waals surface area contributed by atoms with Crippen molar-refractivity contribution in [3.8, 4) is 0 Å². The number of rotatable bonds is 2. The molecule has 1 aliphatic heterocycles. The second-order valence-corrected chi connectivity index (χ2v) is 3.03. The minimum absolute atomic E-state index is 0.0682. The van der Waals surface area contributed by atoms with Crippen LogP contribution in [-0.4, -0.2) is 24.6 Å². The van der Waals surface area contributed by atoms with Gasteiger partial charge in [-0.2, -0.15) is 0 Å². The van der Waals surface area contributed by atoms with Crippen molar-refractivity contribution in [2.75, 3.05) is 6.61 Å². The summed E-state index contributed by atoms with van der Waals surface area (Å²) in [6.07, 6.45) is 1.26. The molecule has 0 aromatic carbocycles. The van der Waals surface area contributed by atoms with Crippen molar-refractivity contribution in [1.29, 1.82) is 0 Å². The maximum absolute atomic E-state index is 11.1. The van der Waals surface area contributed by atoms with Gasteiger partial charge in [0.1, 0.15) is 6.61 Å². The molecule has 0 radical (unpaired) electrons. The summed E-state index contributed by atoms with van der Waals surface area (Å²) in [4.78, 5) is 21.7. The first-order valence-electron chi connectivity index (χ1n) is 4.03. The number of nitrogens with one attached hydrogen (secondary N) is 2. The van der Waals surface area contributed by atoms with Gasteiger partial charge in [-0.3, -0.25) is 0 Å². The molecule has 1 aliphatic rings. The molecule has 1 rings (SSSR count). The lowest BCUT2D eigenvalue weighted by atomic mass is 10.4. The molecule has 0 spiro atoms. The Hall–Kier alpha value is -1.52. The number of cyclic esters (lactones) is 1. The Bertz CT molecular complexity index is 258. The van der Waals surface area contributed by atoms with Gasteiger partial charge in [0.05, 0.1) is 5.70 Å². The minimum Gasteiger partial charge on any atom is -0.456 e. The Morgan fingerprint density at radius 2 is 2.31 bits per heavy atom. The van der Waals surface area contributed by atoms with E-state index in [0.717, 1.165) is 0 Å². The summed E-state index contributed by atoms with van der Waals surface area (Å²) < 4.78 is 4.60. The van der Waals surface area contributed by atoms with Gasteiger partial charge in [0.2, 0.25) is 0 Å². The highest BCUT2D eigenvalue weighted by Gasteiger charge is 2.14. The molecule has 2 amide bonds. The number of ether oxygens (including phenoxy) is 1. The molecular formula is C8H12N2O3. The quantitative estimate of drug-likeness (QED) is 0.599. The highest BCUT2D eigenvalue weighted by Crippen LogP contribution is 2.01. The largest absolute Gasteiger partial charge is 0.456 e. The molecule has 0 saturated carbocycles. The Balaban J connectivity index is 2.37. The lowest BCUT2D eigenvalue weighted by molar-refractivity contribution is -0.134. The van der Waals surface area contributed by atoms with Crippen LogP contribution in [0.1, 0.15) is 13.8 Å². The zero-order chi connectivity index (χ0) is 9.84. The monoisotopic (exact) mass is 184 g/mol. The summed E-state index contributed by atoms with van der Waals surface area (Å²) in [5.41, 5.74) is 0.489. The summed E-state index contributed by atoms with van der Waals surface area (Å²) in [5.74, 6) is -0.417. The van der Waals surface area contributed by atoms with Crippen molar-refractivity contribution >= 4 is 12.0 Å². The standard InChI is InChI=1S/C8H12N2O3/c1-5(2)9-8(12)10-6-3-7(11)13-4-6/h3,5H,4H2,1-2H3,(H2,9,10,12). The van der Waals surface area contributed by atoms with E-state index < -0.39 is 5.97 Å². The predicted octanol–water partition coefficient (Wildman–Crippen LogP) is 0.135. The van der Waals surface area contributed by atoms with Crippen LogP contribution >= 0.6 is 0 Å². The molecule has 5 nitrogen and oxygen atoms in total. The smallest absolute Gasteiger partial charge is 0.333 e. The third-order valence-corrected chi connectivity index (χ3v) is 1.36. The molecule has 0 aliphatic carbocycles. The van der Waals surface area contributed by atoms with Gasteiger partial charge in [0.25, 0.3) is 0 Å². The molecule has 5 heteroatoms. The van der Waals surface area contributed by atoms with Gasteiger partial charge in [-0.25, -0.2) is 9.59 Å². The van der Waals surface area contributed by atoms with E-state index in [9.17, 15) is 9.59 Å². The average Bonchev–Trinajstić information content (AvgIpc) is 2.33. The van der Waals surface area contributed by atoms with Crippen LogP contribution in [0.25, 0.3) is 0 Å². The van der Waals surface area contributed by atoms with Crippen molar-refractivity contribution in [2.24, 2.45) is 0 Å². The normalized spacial score (nSPS) is 15.3. The number of esters is 1. The predicted molar refractivity (Wildman–Crippen MR) is 45.8 cm³/mol. The molecule has 13 heavy (non-hydrogen) atoms. The molecule has 72 valence electrons. The van der Waals surface area contributed by atoms with Crippen LogP contribution in [-0.2, 0) is 9.53 Å². The number of urea groups is 1. The Labute approximate surface area is 76.1 Å². The first-order valence-corrected chi connectivity index (χ1v) is 4.03. The molecule has 0 aromatic heterocycles. The van der Waals surface area contributed by atoms with Crippen molar-refractivity contribution in [3.05, 3.63) is 11.8 Å². The van der Waals surface area contributed by atoms with E-state index in [-0.39, 0.29) is 18.7 Å². The van der Waals surface area contributed by atoms with Gasteiger partial charge in [-0.15, -0.1) is 0 Å². The topological polar surface area (TPSA) is 67.4 Å². The highest BCUT2D eigenvalue weighted by atomic mass is 16.5. The van der Waals surface area contributed by atoms with Crippen molar-refractivity contribution < 1.29 is 14.3 Å². The molecule has 0 aromatic rings. The molecule has 0 unspecified atom stereocenters. The zero-order valence-corrected chi connectivity index (χ0v) is 7.59. The highest BCUT2D eigenvalue weighted by molar-refractivity contribution is 5.87. The Morgan fingerprint density at radius 1 is 1.62 bits per heavy atom. The maximum atomic E-state index is 11.1. The second kappa shape index (κ2) is 3.93. The van der Waals surface area contributed by atoms with E-state index in [0.29, 0.717) is 5.70 Å². The average molecular weight is 184 g/mol. The third kappa shape index (κ3) is 3.14. The first-order chi connectivity index (χ1) is 6.08. The van der Waals surface area contributed by atoms with Gasteiger partial charge in [-0.05, 0) is 13.8 Å². The fourth-order valence-electron chi connectivity index (χ4n) is 0.891. The van der Waals surface area contributed by atoms with Crippen LogP contribution in [0.2, 0.25) is 0 Å². The van der Waals surface area contributed by atoms with Crippen LogP contribution < -0.4 is 10.6 Å². The van der Waals surface area contributed by atoms with Gasteiger partial charge in [0.15, 0.2) is 0 Å². The lowest BCUT2D eigenvalue weighted by Gasteiger charge is -2.09. The number of hydrogen-bond acceptors (Lipinski definition) is 3. The number of carbonyl (C=O) groups excluding carboxylic acids is 2. The van der Waals surface area contributed by atoms with Gasteiger partial charge >= 0.3 is 12.0 Å². The molecule has 0 fully saturated rings. The van der Waals surface area contributed by atoms with E-state index in [1.54, 1.807) is 0 Å². The number of carbonyl (C=O) groups is 2. The number of amides is 2. The number of hydrogen-bond donors (Lipinski definition) is 2. The van der Waals surface area contributed by atoms with Crippen LogP contribution in [0.5, 0.6) is 0 Å². The van der Waals surface area contributed by atoms with Crippen LogP contribution in [0.4, 0.5) is 4.79 Å². The summed E-state index contributed by atoms with van der Waals surface area (Å²) >= 11 is 0. The summed E-state index contributed by atoms with van der Waals surface area (Å²) in [6.45, 7) is 3.85. The van der Waals surface area contributed by atoms with Crippen LogP contribution in [0, 0.1) is 0 Å². The van der Waals surface area contributed by atoms with Gasteiger partial charge in [0, 0.05) is 12.1 Å². The van der Waals surface area contributed by atoms with E-state index >= 15 is 0 Å². The Kier molecular flexibility index (Phi) is 2.89. The lowest BCUT2D eigenvalue weighted by Crippen LogP contribution is -2.39. The second-order valence-electron chi connectivity index (χ2n) is 3.03. The van der Waals surface area contributed by atoms with Crippen molar-refractivity contribution in [3.63, 3.8) is 0 Å². The van der Waals surface area contributed by atoms with Crippen LogP contribution in [0.3, 0.4) is 0 Å². The molecule has 2 N–H and O–H groups in total. The fraction of sp³-hybridized carbons (Fsp3) is 0.500. The van der Waals surface area contributed by atoms with Crippen molar-refractivity contribution in [2.45, 2.75) is 19.9 Å². The van der Waals surface area contributed by atoms with E-state index in [4.69, 9.17) is 0 Å². The van der Waals surface area contributed by atoms with E-state index in [2.05, 4.69) is 15.4 Å². The Morgan fingerprint density at radius 3 is 2.77 bits per heavy atom. The molecule has 0 saturated heterocycles. The maximum Gasteiger partial charge on any atom is 0.333 e. The van der Waals surface area contributed by atoms with E-state index in [1.165, 1.54) is 6.08 Å². The van der Waals surface area contributed by atoms with Crippen molar-refractivity contribution in [1.82, 2.24) is 10.6 Å². The molecular weight excluding hydrogens is 172 g/mol. The summed E-state index contributed by atoms with van der Waals surface area (Å²) in [6, 6.07) is -0.252. The molecule has 0 bridgehead atoms. The van der Waals surface area contributed by atoms with Gasteiger partial charge in [-0.1, -0.05) is 0 Å². The van der Waals surface area contributed by atoms with E-state index in [1.807, 2.05) is 13.8 Å². The fourth-order valence-corrected chi connectivity index (χ4v) is 0.891. The molecule has 0 atom stereocenters. The molecule has 1 heterocycles. The SMILES string of the molecule is CC(C)NC(=O)NC1=CC(=O)OC1. The zero-order valence-electron chi connectivity index (χ0n) is 7.59. The summed E-state index contributed by atoms with van der Waals surface area (Å²) in [7, 11) is 0. The third-order valence-electron chi connectivity index (χ3n) is 1.36. The first kappa shape index (κ1) is 9.57. The summed E-state index contributed by atoms with van der Waals surface area (Å²) in [5, 5.41) is 5.13. The van der Waals surface area contributed by atoms with Gasteiger partial charge < -0.3 is 15.4 Å². The van der Waals surface area contributed by atoms with Crippen LogP contribution in [0.15, 0.2) is 11.8 Å².